The fourth-order valence-corrected chi connectivity index (χ4v) is 2.66. The number of hydrogen-bond donors (Lipinski definition) is 1. The van der Waals surface area contributed by atoms with Gasteiger partial charge in [0.2, 0.25) is 0 Å². The smallest absolute Gasteiger partial charge is 0.0762 e. The lowest BCUT2D eigenvalue weighted by atomic mass is 10.1. The Balaban J connectivity index is 1.69. The second kappa shape index (κ2) is 6.53. The molecule has 1 aliphatic rings. The molecule has 108 valence electrons. The average molecular weight is 264 g/mol. The van der Waals surface area contributed by atoms with Crippen LogP contribution in [0.1, 0.15) is 45.9 Å². The molecule has 0 aliphatic carbocycles. The van der Waals surface area contributed by atoms with Gasteiger partial charge in [-0.1, -0.05) is 0 Å². The maximum absolute atomic E-state index is 4.56. The molecule has 0 amide bonds. The minimum absolute atomic E-state index is 0.447. The highest BCUT2D eigenvalue weighted by Crippen LogP contribution is 2.17. The first-order valence-electron chi connectivity index (χ1n) is 7.55. The zero-order valence-electron chi connectivity index (χ0n) is 12.8. The van der Waals surface area contributed by atoms with Crippen molar-refractivity contribution in [2.24, 2.45) is 5.92 Å². The lowest BCUT2D eigenvalue weighted by molar-refractivity contribution is 0.264. The van der Waals surface area contributed by atoms with E-state index in [4.69, 9.17) is 0 Å². The molecule has 2 rings (SSSR count). The van der Waals surface area contributed by atoms with Crippen LogP contribution < -0.4 is 5.32 Å². The predicted octanol–water partition coefficient (Wildman–Crippen LogP) is 2.28. The van der Waals surface area contributed by atoms with Crippen LogP contribution in [-0.4, -0.2) is 40.4 Å². The van der Waals surface area contributed by atoms with Crippen LogP contribution in [0.15, 0.2) is 12.3 Å². The van der Waals surface area contributed by atoms with Crippen molar-refractivity contribution in [3.05, 3.63) is 18.0 Å². The van der Waals surface area contributed by atoms with Crippen molar-refractivity contribution < 1.29 is 0 Å². The van der Waals surface area contributed by atoms with Crippen LogP contribution in [0.3, 0.4) is 0 Å². The molecule has 19 heavy (non-hydrogen) atoms. The summed E-state index contributed by atoms with van der Waals surface area (Å²) in [5, 5.41) is 8.11. The molecule has 1 aromatic rings. The summed E-state index contributed by atoms with van der Waals surface area (Å²) in [4.78, 5) is 2.57. The molecule has 1 unspecified atom stereocenters. The van der Waals surface area contributed by atoms with Crippen molar-refractivity contribution in [3.8, 4) is 0 Å². The van der Waals surface area contributed by atoms with E-state index in [-0.39, 0.29) is 0 Å². The third-order valence-electron chi connectivity index (χ3n) is 3.98. The summed E-state index contributed by atoms with van der Waals surface area (Å²) in [6.07, 6.45) is 3.39. The molecule has 0 spiro atoms. The zero-order valence-corrected chi connectivity index (χ0v) is 12.8. The first kappa shape index (κ1) is 14.5. The molecular weight excluding hydrogens is 236 g/mol. The fourth-order valence-electron chi connectivity index (χ4n) is 2.66. The molecule has 1 aromatic heterocycles. The van der Waals surface area contributed by atoms with Gasteiger partial charge in [0.05, 0.1) is 5.69 Å². The third-order valence-corrected chi connectivity index (χ3v) is 3.98. The van der Waals surface area contributed by atoms with Gasteiger partial charge in [0, 0.05) is 31.4 Å². The van der Waals surface area contributed by atoms with E-state index >= 15 is 0 Å². The van der Waals surface area contributed by atoms with Gasteiger partial charge in [-0.05, 0) is 59.2 Å². The normalized spacial score (nSPS) is 20.8. The number of nitrogens with zero attached hydrogens (tertiary/aromatic N) is 3. The van der Waals surface area contributed by atoms with Crippen LogP contribution in [-0.2, 0) is 6.54 Å². The Bertz CT molecular complexity index is 383. The Kier molecular flexibility index (Phi) is 4.99. The van der Waals surface area contributed by atoms with Gasteiger partial charge in [-0.2, -0.15) is 5.10 Å². The highest BCUT2D eigenvalue weighted by Gasteiger charge is 2.23. The summed E-state index contributed by atoms with van der Waals surface area (Å²) in [6, 6.07) is 3.25. The second-order valence-corrected chi connectivity index (χ2v) is 6.26. The van der Waals surface area contributed by atoms with Crippen LogP contribution in [0.5, 0.6) is 0 Å². The zero-order chi connectivity index (χ0) is 13.8. The summed E-state index contributed by atoms with van der Waals surface area (Å²) in [5.41, 5.74) is 1.15. The Morgan fingerprint density at radius 3 is 2.68 bits per heavy atom. The topological polar surface area (TPSA) is 33.1 Å². The summed E-state index contributed by atoms with van der Waals surface area (Å²) in [7, 11) is 0. The minimum atomic E-state index is 0.447. The lowest BCUT2D eigenvalue weighted by Crippen LogP contribution is -2.30. The van der Waals surface area contributed by atoms with Gasteiger partial charge >= 0.3 is 0 Å². The summed E-state index contributed by atoms with van der Waals surface area (Å²) in [5.74, 6) is 0.801. The molecule has 4 heteroatoms. The third kappa shape index (κ3) is 4.05. The maximum Gasteiger partial charge on any atom is 0.0762 e. The molecule has 0 aromatic carbocycles. The molecule has 2 heterocycles. The van der Waals surface area contributed by atoms with Gasteiger partial charge in [0.1, 0.15) is 0 Å². The van der Waals surface area contributed by atoms with E-state index < -0.39 is 0 Å². The van der Waals surface area contributed by atoms with Crippen molar-refractivity contribution >= 4 is 0 Å². The number of hydrogen-bond acceptors (Lipinski definition) is 3. The minimum Gasteiger partial charge on any atom is -0.311 e. The van der Waals surface area contributed by atoms with Gasteiger partial charge in [-0.3, -0.25) is 4.68 Å². The highest BCUT2D eigenvalue weighted by molar-refractivity contribution is 4.99. The fraction of sp³-hybridized carbons (Fsp3) is 0.800. The number of likely N-dealkylation sites (tertiary alicyclic amines) is 1. The van der Waals surface area contributed by atoms with Gasteiger partial charge < -0.3 is 10.2 Å². The van der Waals surface area contributed by atoms with E-state index in [1.807, 2.05) is 4.68 Å². The molecular formula is C15H28N4. The number of rotatable bonds is 6. The Labute approximate surface area is 117 Å². The number of nitrogens with one attached hydrogen (secondary N) is 1. The van der Waals surface area contributed by atoms with E-state index in [1.54, 1.807) is 0 Å². The molecule has 1 fully saturated rings. The van der Waals surface area contributed by atoms with E-state index in [1.165, 1.54) is 19.5 Å². The van der Waals surface area contributed by atoms with Crippen LogP contribution in [0.2, 0.25) is 0 Å². The molecule has 0 saturated carbocycles. The van der Waals surface area contributed by atoms with Crippen molar-refractivity contribution in [2.75, 3.05) is 19.6 Å². The summed E-state index contributed by atoms with van der Waals surface area (Å²) >= 11 is 0. The molecule has 0 radical (unpaired) electrons. The molecule has 1 aliphatic heterocycles. The van der Waals surface area contributed by atoms with Crippen molar-refractivity contribution in [3.63, 3.8) is 0 Å². The Morgan fingerprint density at radius 2 is 2.11 bits per heavy atom. The van der Waals surface area contributed by atoms with Crippen molar-refractivity contribution in [1.29, 1.82) is 0 Å². The number of aromatic nitrogens is 2. The van der Waals surface area contributed by atoms with Crippen LogP contribution in [0, 0.1) is 5.92 Å². The lowest BCUT2D eigenvalue weighted by Gasteiger charge is -2.20. The van der Waals surface area contributed by atoms with Crippen LogP contribution >= 0.6 is 0 Å². The van der Waals surface area contributed by atoms with Gasteiger partial charge in [0.15, 0.2) is 0 Å². The van der Waals surface area contributed by atoms with Gasteiger partial charge in [-0.25, -0.2) is 0 Å². The predicted molar refractivity (Wildman–Crippen MR) is 79.1 cm³/mol. The van der Waals surface area contributed by atoms with Crippen LogP contribution in [0.25, 0.3) is 0 Å². The standard InChI is InChI=1S/C15H28N4/c1-12(2)18-7-5-14(11-18)9-16-10-15-6-8-19(17-15)13(3)4/h6,8,12-14,16H,5,7,9-11H2,1-4H3. The largest absolute Gasteiger partial charge is 0.311 e. The quantitative estimate of drug-likeness (QED) is 0.856. The molecule has 1 N–H and O–H groups in total. The molecule has 4 nitrogen and oxygen atoms in total. The van der Waals surface area contributed by atoms with E-state index in [9.17, 15) is 0 Å². The first-order valence-corrected chi connectivity index (χ1v) is 7.55. The van der Waals surface area contributed by atoms with Crippen LogP contribution in [0.4, 0.5) is 0 Å². The molecule has 1 saturated heterocycles. The summed E-state index contributed by atoms with van der Waals surface area (Å²) < 4.78 is 2.02. The van der Waals surface area contributed by atoms with Crippen molar-refractivity contribution in [1.82, 2.24) is 20.0 Å². The van der Waals surface area contributed by atoms with Crippen molar-refractivity contribution in [2.45, 2.75) is 52.7 Å². The van der Waals surface area contributed by atoms with Gasteiger partial charge in [-0.15, -0.1) is 0 Å². The highest BCUT2D eigenvalue weighted by atomic mass is 15.3. The van der Waals surface area contributed by atoms with E-state index in [0.29, 0.717) is 12.1 Å². The Morgan fingerprint density at radius 1 is 1.32 bits per heavy atom. The molecule has 1 atom stereocenters. The van der Waals surface area contributed by atoms with E-state index in [2.05, 4.69) is 55.3 Å². The van der Waals surface area contributed by atoms with E-state index in [0.717, 1.165) is 24.7 Å². The Hall–Kier alpha value is -0.870. The maximum atomic E-state index is 4.56. The van der Waals surface area contributed by atoms with Gasteiger partial charge in [0.25, 0.3) is 0 Å². The average Bonchev–Trinajstić information content (AvgIpc) is 2.97. The summed E-state index contributed by atoms with van der Waals surface area (Å²) in [6.45, 7) is 13.4. The SMILES string of the molecule is CC(C)N1CCC(CNCc2ccn(C(C)C)n2)C1. The molecule has 0 bridgehead atoms. The first-order chi connectivity index (χ1) is 9.06. The second-order valence-electron chi connectivity index (χ2n) is 6.26. The monoisotopic (exact) mass is 264 g/mol.